The Bertz CT molecular complexity index is 717. The number of carbonyl (C=O) groups is 2. The Hall–Kier alpha value is -2.70. The van der Waals surface area contributed by atoms with E-state index in [9.17, 15) is 9.59 Å². The maximum Gasteiger partial charge on any atom is 0.407 e. The lowest BCUT2D eigenvalue weighted by Gasteiger charge is -2.17. The van der Waals surface area contributed by atoms with Gasteiger partial charge in [0.05, 0.1) is 12.5 Å². The predicted molar refractivity (Wildman–Crippen MR) is 93.9 cm³/mol. The lowest BCUT2D eigenvalue weighted by molar-refractivity contribution is -0.137. The number of rotatable bonds is 10. The molecule has 1 atom stereocenters. The second-order valence-corrected chi connectivity index (χ2v) is 6.20. The van der Waals surface area contributed by atoms with Crippen LogP contribution in [0, 0.1) is 13.8 Å². The van der Waals surface area contributed by atoms with Gasteiger partial charge < -0.3 is 24.0 Å². The minimum Gasteiger partial charge on any atom is -0.481 e. The van der Waals surface area contributed by atoms with Crippen molar-refractivity contribution >= 4 is 12.1 Å². The van der Waals surface area contributed by atoms with Gasteiger partial charge in [-0.05, 0) is 49.9 Å². The summed E-state index contributed by atoms with van der Waals surface area (Å²) in [4.78, 5) is 22.6. The molecule has 0 spiro atoms. The number of carboxylic acid groups (broad SMARTS) is 1. The first-order chi connectivity index (χ1) is 12.5. The number of alkyl carbamates (subject to hydrolysis) is 1. The lowest BCUT2D eigenvalue weighted by atomic mass is 10.0. The molecule has 0 radical (unpaired) electrons. The van der Waals surface area contributed by atoms with E-state index in [-0.39, 0.29) is 6.42 Å². The van der Waals surface area contributed by atoms with Crippen LogP contribution < -0.4 is 5.32 Å². The Morgan fingerprint density at radius 3 is 2.54 bits per heavy atom. The zero-order valence-electron chi connectivity index (χ0n) is 15.1. The fourth-order valence-electron chi connectivity index (χ4n) is 2.66. The van der Waals surface area contributed by atoms with E-state index < -0.39 is 18.2 Å². The Morgan fingerprint density at radius 2 is 1.92 bits per heavy atom. The number of aliphatic carboxylic acids is 1. The van der Waals surface area contributed by atoms with Crippen LogP contribution in [0.5, 0.6) is 0 Å². The molecular formula is C19H25NO6. The van der Waals surface area contributed by atoms with E-state index in [2.05, 4.69) is 5.32 Å². The monoisotopic (exact) mass is 363 g/mol. The molecule has 0 aliphatic rings. The van der Waals surface area contributed by atoms with Crippen LogP contribution in [0.15, 0.2) is 33.5 Å². The molecule has 0 saturated carbocycles. The number of unbranched alkanes of at least 4 members (excludes halogenated alkanes) is 2. The first-order valence-corrected chi connectivity index (χ1v) is 8.70. The molecular weight excluding hydrogens is 338 g/mol. The number of aryl methyl sites for hydroxylation is 2. The average molecular weight is 363 g/mol. The van der Waals surface area contributed by atoms with Crippen LogP contribution in [-0.4, -0.2) is 23.7 Å². The van der Waals surface area contributed by atoms with E-state index in [1.807, 2.05) is 26.0 Å². The fraction of sp³-hybridized carbons (Fsp3) is 0.474. The highest BCUT2D eigenvalue weighted by Gasteiger charge is 2.23. The molecule has 2 heterocycles. The zero-order valence-corrected chi connectivity index (χ0v) is 15.1. The molecule has 2 aromatic heterocycles. The molecule has 1 unspecified atom stereocenters. The Morgan fingerprint density at radius 1 is 1.15 bits per heavy atom. The molecule has 2 N–H and O–H groups in total. The molecule has 2 aromatic rings. The second-order valence-electron chi connectivity index (χ2n) is 6.20. The van der Waals surface area contributed by atoms with E-state index in [4.69, 9.17) is 18.7 Å². The molecule has 0 fully saturated rings. The smallest absolute Gasteiger partial charge is 0.407 e. The van der Waals surface area contributed by atoms with Gasteiger partial charge in [0, 0.05) is 19.4 Å². The Balaban J connectivity index is 1.86. The van der Waals surface area contributed by atoms with E-state index in [0.29, 0.717) is 31.6 Å². The van der Waals surface area contributed by atoms with Crippen molar-refractivity contribution in [1.82, 2.24) is 5.32 Å². The quantitative estimate of drug-likeness (QED) is 0.615. The first kappa shape index (κ1) is 19.6. The SMILES string of the molecule is Cc1ccoc1C(Cc1ccoc1C)OC(=O)NCCCCCC(=O)O. The molecule has 0 bridgehead atoms. The van der Waals surface area contributed by atoms with Gasteiger partial charge in [-0.25, -0.2) is 4.79 Å². The maximum atomic E-state index is 12.1. The molecule has 7 nitrogen and oxygen atoms in total. The number of hydrogen-bond acceptors (Lipinski definition) is 5. The van der Waals surface area contributed by atoms with Gasteiger partial charge in [0.2, 0.25) is 0 Å². The highest BCUT2D eigenvalue weighted by atomic mass is 16.6. The van der Waals surface area contributed by atoms with E-state index in [1.165, 1.54) is 0 Å². The normalized spacial score (nSPS) is 11.9. The highest BCUT2D eigenvalue weighted by molar-refractivity contribution is 5.67. The van der Waals surface area contributed by atoms with Crippen LogP contribution in [0.1, 0.15) is 54.4 Å². The molecule has 0 aliphatic heterocycles. The molecule has 0 saturated heterocycles. The number of amides is 1. The van der Waals surface area contributed by atoms with Gasteiger partial charge in [-0.1, -0.05) is 6.42 Å². The summed E-state index contributed by atoms with van der Waals surface area (Å²) < 4.78 is 16.4. The van der Waals surface area contributed by atoms with Crippen LogP contribution >= 0.6 is 0 Å². The van der Waals surface area contributed by atoms with Crippen molar-refractivity contribution in [3.8, 4) is 0 Å². The molecule has 0 aliphatic carbocycles. The second kappa shape index (κ2) is 9.70. The predicted octanol–water partition coefficient (Wildman–Crippen LogP) is 4.14. The molecule has 142 valence electrons. The van der Waals surface area contributed by atoms with Crippen LogP contribution in [0.2, 0.25) is 0 Å². The third kappa shape index (κ3) is 5.98. The minimum atomic E-state index is -0.802. The van der Waals surface area contributed by atoms with Gasteiger partial charge in [0.15, 0.2) is 6.10 Å². The van der Waals surface area contributed by atoms with Crippen molar-refractivity contribution in [1.29, 1.82) is 0 Å². The van der Waals surface area contributed by atoms with Gasteiger partial charge in [0.1, 0.15) is 11.5 Å². The van der Waals surface area contributed by atoms with Gasteiger partial charge in [-0.15, -0.1) is 0 Å². The minimum absolute atomic E-state index is 0.147. The number of hydrogen-bond donors (Lipinski definition) is 2. The standard InChI is InChI=1S/C19H25NO6/c1-13-7-10-25-18(13)16(12-15-8-11-24-14(15)2)26-19(23)20-9-5-3-4-6-17(21)22/h7-8,10-11,16H,3-6,9,12H2,1-2H3,(H,20,23)(H,21,22). The average Bonchev–Trinajstić information content (AvgIpc) is 3.18. The lowest BCUT2D eigenvalue weighted by Crippen LogP contribution is -2.27. The summed E-state index contributed by atoms with van der Waals surface area (Å²) in [6.07, 6.45) is 4.75. The molecule has 0 aromatic carbocycles. The largest absolute Gasteiger partial charge is 0.481 e. The fourth-order valence-corrected chi connectivity index (χ4v) is 2.66. The topological polar surface area (TPSA) is 102 Å². The van der Waals surface area contributed by atoms with Crippen molar-refractivity contribution in [2.45, 2.75) is 52.1 Å². The van der Waals surface area contributed by atoms with E-state index in [1.54, 1.807) is 12.5 Å². The van der Waals surface area contributed by atoms with Crippen molar-refractivity contribution in [2.24, 2.45) is 0 Å². The van der Waals surface area contributed by atoms with Crippen LogP contribution in [0.3, 0.4) is 0 Å². The Labute approximate surface area is 152 Å². The van der Waals surface area contributed by atoms with Crippen molar-refractivity contribution in [3.63, 3.8) is 0 Å². The van der Waals surface area contributed by atoms with Crippen molar-refractivity contribution in [2.75, 3.05) is 6.54 Å². The van der Waals surface area contributed by atoms with Crippen molar-refractivity contribution < 1.29 is 28.3 Å². The van der Waals surface area contributed by atoms with Gasteiger partial charge in [0.25, 0.3) is 0 Å². The van der Waals surface area contributed by atoms with Gasteiger partial charge in [-0.3, -0.25) is 4.79 Å². The molecule has 2 rings (SSSR count). The first-order valence-electron chi connectivity index (χ1n) is 8.70. The third-order valence-electron chi connectivity index (χ3n) is 4.15. The number of ether oxygens (including phenoxy) is 1. The van der Waals surface area contributed by atoms with E-state index in [0.717, 1.165) is 23.3 Å². The van der Waals surface area contributed by atoms with Crippen LogP contribution in [-0.2, 0) is 16.0 Å². The van der Waals surface area contributed by atoms with E-state index >= 15 is 0 Å². The summed E-state index contributed by atoms with van der Waals surface area (Å²) in [5, 5.41) is 11.3. The third-order valence-corrected chi connectivity index (χ3v) is 4.15. The Kier molecular flexibility index (Phi) is 7.32. The van der Waals surface area contributed by atoms with Crippen LogP contribution in [0.4, 0.5) is 4.79 Å². The number of nitrogens with one attached hydrogen (secondary N) is 1. The number of carbonyl (C=O) groups excluding carboxylic acids is 1. The number of carboxylic acids is 1. The molecule has 7 heteroatoms. The summed E-state index contributed by atoms with van der Waals surface area (Å²) in [5.41, 5.74) is 1.87. The molecule has 26 heavy (non-hydrogen) atoms. The van der Waals surface area contributed by atoms with Gasteiger partial charge >= 0.3 is 12.1 Å². The van der Waals surface area contributed by atoms with Crippen molar-refractivity contribution in [3.05, 3.63) is 47.3 Å². The number of furan rings is 2. The summed E-state index contributed by atoms with van der Waals surface area (Å²) in [6.45, 7) is 4.20. The summed E-state index contributed by atoms with van der Waals surface area (Å²) in [5.74, 6) is 0.590. The summed E-state index contributed by atoms with van der Waals surface area (Å²) in [6, 6.07) is 3.68. The van der Waals surface area contributed by atoms with Gasteiger partial charge in [-0.2, -0.15) is 0 Å². The summed E-state index contributed by atoms with van der Waals surface area (Å²) >= 11 is 0. The summed E-state index contributed by atoms with van der Waals surface area (Å²) in [7, 11) is 0. The maximum absolute atomic E-state index is 12.1. The van der Waals surface area contributed by atoms with Crippen LogP contribution in [0.25, 0.3) is 0 Å². The zero-order chi connectivity index (χ0) is 18.9. The molecule has 1 amide bonds. The highest BCUT2D eigenvalue weighted by Crippen LogP contribution is 2.27.